The minimum atomic E-state index is -0.0402. The molecule has 1 aromatic carbocycles. The minimum absolute atomic E-state index is 0.0402. The molecular weight excluding hydrogens is 418 g/mol. The number of hydrogen-bond donors (Lipinski definition) is 0. The van der Waals surface area contributed by atoms with Crippen molar-refractivity contribution < 1.29 is 14.3 Å². The molecule has 3 aliphatic rings. The van der Waals surface area contributed by atoms with Crippen LogP contribution in [0.3, 0.4) is 0 Å². The highest BCUT2D eigenvalue weighted by molar-refractivity contribution is 8.26. The Bertz CT molecular complexity index is 1010. The molecule has 0 radical (unpaired) electrons. The number of ether oxygens (including phenoxy) is 2. The van der Waals surface area contributed by atoms with Crippen LogP contribution in [0, 0.1) is 0 Å². The second-order valence-corrected chi connectivity index (χ2v) is 9.30. The number of hydrogen-bond acceptors (Lipinski definition) is 7. The van der Waals surface area contributed by atoms with E-state index in [1.807, 2.05) is 30.3 Å². The summed E-state index contributed by atoms with van der Waals surface area (Å²) in [6.45, 7) is 4.22. The second kappa shape index (κ2) is 8.63. The first-order chi connectivity index (χ1) is 14.7. The van der Waals surface area contributed by atoms with Crippen molar-refractivity contribution in [2.75, 3.05) is 44.4 Å². The number of pyridine rings is 1. The maximum Gasteiger partial charge on any atom is 0.266 e. The molecule has 3 saturated heterocycles. The molecule has 4 heterocycles. The summed E-state index contributed by atoms with van der Waals surface area (Å²) in [7, 11) is 0. The second-order valence-electron chi connectivity index (χ2n) is 7.62. The van der Waals surface area contributed by atoms with Crippen molar-refractivity contribution in [1.82, 2.24) is 9.88 Å². The first kappa shape index (κ1) is 19.9. The molecule has 0 saturated carbocycles. The molecule has 6 nitrogen and oxygen atoms in total. The summed E-state index contributed by atoms with van der Waals surface area (Å²) in [6.07, 6.45) is 4.05. The van der Waals surface area contributed by atoms with E-state index in [9.17, 15) is 4.79 Å². The summed E-state index contributed by atoms with van der Waals surface area (Å²) in [6, 6.07) is 10.2. The van der Waals surface area contributed by atoms with Gasteiger partial charge in [0.1, 0.15) is 10.1 Å². The third-order valence-corrected chi connectivity index (χ3v) is 6.99. The smallest absolute Gasteiger partial charge is 0.266 e. The van der Waals surface area contributed by atoms with Gasteiger partial charge in [0, 0.05) is 30.6 Å². The lowest BCUT2D eigenvalue weighted by molar-refractivity contribution is -0.123. The van der Waals surface area contributed by atoms with Crippen LogP contribution in [0.2, 0.25) is 0 Å². The lowest BCUT2D eigenvalue weighted by Gasteiger charge is -2.29. The van der Waals surface area contributed by atoms with Crippen LogP contribution in [0.15, 0.2) is 35.2 Å². The Labute approximate surface area is 185 Å². The van der Waals surface area contributed by atoms with E-state index in [0.29, 0.717) is 29.0 Å². The van der Waals surface area contributed by atoms with E-state index in [-0.39, 0.29) is 12.0 Å². The molecule has 1 unspecified atom stereocenters. The molecule has 1 amide bonds. The number of thiocarbonyl (C=S) groups is 1. The molecule has 0 spiro atoms. The van der Waals surface area contributed by atoms with Crippen LogP contribution in [0.25, 0.3) is 17.0 Å². The summed E-state index contributed by atoms with van der Waals surface area (Å²) in [5.41, 5.74) is 1.88. The summed E-state index contributed by atoms with van der Waals surface area (Å²) in [5, 5.41) is 1.05. The minimum Gasteiger partial charge on any atom is -0.378 e. The summed E-state index contributed by atoms with van der Waals surface area (Å²) >= 11 is 6.87. The van der Waals surface area contributed by atoms with E-state index < -0.39 is 0 Å². The maximum absolute atomic E-state index is 13.1. The standard InChI is InChI=1S/C22H23N3O3S2/c26-21-19(30-22(29)25(21)14-17-5-3-9-28-17)13-16-12-15-4-1-2-6-18(15)23-20(16)24-7-10-27-11-8-24/h1-2,4,6,12-13,17H,3,5,7-11,14H2/b19-13+. The summed E-state index contributed by atoms with van der Waals surface area (Å²) in [5.74, 6) is 0.850. The van der Waals surface area contributed by atoms with Gasteiger partial charge in [0.05, 0.1) is 36.3 Å². The van der Waals surface area contributed by atoms with Crippen molar-refractivity contribution in [3.63, 3.8) is 0 Å². The number of amides is 1. The van der Waals surface area contributed by atoms with E-state index in [2.05, 4.69) is 11.0 Å². The fourth-order valence-electron chi connectivity index (χ4n) is 4.05. The first-order valence-corrected chi connectivity index (χ1v) is 11.5. The van der Waals surface area contributed by atoms with Gasteiger partial charge in [0.25, 0.3) is 5.91 Å². The van der Waals surface area contributed by atoms with Crippen LogP contribution in [0.1, 0.15) is 18.4 Å². The first-order valence-electron chi connectivity index (χ1n) is 10.3. The van der Waals surface area contributed by atoms with Crippen LogP contribution in [0.4, 0.5) is 5.82 Å². The highest BCUT2D eigenvalue weighted by Crippen LogP contribution is 2.35. The average molecular weight is 442 g/mol. The highest BCUT2D eigenvalue weighted by atomic mass is 32.2. The van der Waals surface area contributed by atoms with Gasteiger partial charge in [-0.1, -0.05) is 42.2 Å². The molecule has 3 aliphatic heterocycles. The SMILES string of the molecule is O=C1/C(=C\c2cc3ccccc3nc2N2CCOCC2)SC(=S)N1CC1CCCO1. The third-order valence-electron chi connectivity index (χ3n) is 5.61. The Morgan fingerprint density at radius 2 is 2.07 bits per heavy atom. The normalized spacial score (nSPS) is 23.9. The molecule has 0 N–H and O–H groups in total. The number of carbonyl (C=O) groups is 1. The quantitative estimate of drug-likeness (QED) is 0.532. The van der Waals surface area contributed by atoms with Gasteiger partial charge >= 0.3 is 0 Å². The van der Waals surface area contributed by atoms with E-state index in [4.69, 9.17) is 26.7 Å². The van der Waals surface area contributed by atoms with Crippen molar-refractivity contribution >= 4 is 57.0 Å². The molecule has 1 aromatic heterocycles. The van der Waals surface area contributed by atoms with Crippen LogP contribution >= 0.6 is 24.0 Å². The van der Waals surface area contributed by atoms with Crippen LogP contribution in [-0.4, -0.2) is 65.7 Å². The Morgan fingerprint density at radius 1 is 1.23 bits per heavy atom. The fourth-order valence-corrected chi connectivity index (χ4v) is 5.31. The van der Waals surface area contributed by atoms with Gasteiger partial charge in [0.15, 0.2) is 0 Å². The lowest BCUT2D eigenvalue weighted by atomic mass is 10.1. The third kappa shape index (κ3) is 3.97. The van der Waals surface area contributed by atoms with Crippen molar-refractivity contribution in [3.8, 4) is 0 Å². The molecule has 156 valence electrons. The zero-order chi connectivity index (χ0) is 20.5. The number of rotatable bonds is 4. The van der Waals surface area contributed by atoms with Gasteiger partial charge in [-0.3, -0.25) is 9.69 Å². The molecule has 3 fully saturated rings. The van der Waals surface area contributed by atoms with Gasteiger partial charge in [-0.2, -0.15) is 0 Å². The predicted molar refractivity (Wildman–Crippen MR) is 124 cm³/mol. The average Bonchev–Trinajstić information content (AvgIpc) is 3.38. The number of carbonyl (C=O) groups excluding carboxylic acids is 1. The van der Waals surface area contributed by atoms with Crippen LogP contribution < -0.4 is 4.90 Å². The number of benzene rings is 1. The molecule has 8 heteroatoms. The Kier molecular flexibility index (Phi) is 5.73. The molecule has 5 rings (SSSR count). The van der Waals surface area contributed by atoms with E-state index >= 15 is 0 Å². The highest BCUT2D eigenvalue weighted by Gasteiger charge is 2.35. The largest absolute Gasteiger partial charge is 0.378 e. The summed E-state index contributed by atoms with van der Waals surface area (Å²) < 4.78 is 11.8. The molecule has 1 atom stereocenters. The number of fused-ring (bicyclic) bond motifs is 1. The fraction of sp³-hybridized carbons (Fsp3) is 0.409. The topological polar surface area (TPSA) is 54.9 Å². The van der Waals surface area contributed by atoms with E-state index in [0.717, 1.165) is 54.8 Å². The predicted octanol–water partition coefficient (Wildman–Crippen LogP) is 3.45. The Morgan fingerprint density at radius 3 is 2.87 bits per heavy atom. The summed E-state index contributed by atoms with van der Waals surface area (Å²) in [4.78, 5) is 22.6. The molecule has 30 heavy (non-hydrogen) atoms. The number of aromatic nitrogens is 1. The van der Waals surface area contributed by atoms with Gasteiger partial charge in [-0.05, 0) is 31.1 Å². The van der Waals surface area contributed by atoms with E-state index in [1.165, 1.54) is 11.8 Å². The van der Waals surface area contributed by atoms with Crippen LogP contribution in [0.5, 0.6) is 0 Å². The van der Waals surface area contributed by atoms with Crippen LogP contribution in [-0.2, 0) is 14.3 Å². The lowest BCUT2D eigenvalue weighted by Crippen LogP contribution is -2.37. The Hall–Kier alpha value is -2.00. The number of morpholine rings is 1. The maximum atomic E-state index is 13.1. The van der Waals surface area contributed by atoms with Crippen molar-refractivity contribution in [1.29, 1.82) is 0 Å². The molecule has 0 aliphatic carbocycles. The van der Waals surface area contributed by atoms with Gasteiger partial charge in [-0.15, -0.1) is 0 Å². The number of anilines is 1. The molecular formula is C22H23N3O3S2. The molecule has 0 bridgehead atoms. The number of para-hydroxylation sites is 1. The van der Waals surface area contributed by atoms with Gasteiger partial charge in [-0.25, -0.2) is 4.98 Å². The van der Waals surface area contributed by atoms with E-state index in [1.54, 1.807) is 4.90 Å². The zero-order valence-electron chi connectivity index (χ0n) is 16.6. The van der Waals surface area contributed by atoms with Crippen molar-refractivity contribution in [2.45, 2.75) is 18.9 Å². The Balaban J connectivity index is 1.49. The van der Waals surface area contributed by atoms with Crippen molar-refractivity contribution in [3.05, 3.63) is 40.8 Å². The number of thioether (sulfide) groups is 1. The van der Waals surface area contributed by atoms with Crippen molar-refractivity contribution in [2.24, 2.45) is 0 Å². The number of nitrogens with zero attached hydrogens (tertiary/aromatic N) is 3. The monoisotopic (exact) mass is 441 g/mol. The molecule has 2 aromatic rings. The van der Waals surface area contributed by atoms with Gasteiger partial charge in [0.2, 0.25) is 0 Å². The zero-order valence-corrected chi connectivity index (χ0v) is 18.2. The van der Waals surface area contributed by atoms with Gasteiger partial charge < -0.3 is 14.4 Å².